The predicted octanol–water partition coefficient (Wildman–Crippen LogP) is 4.13. The first-order valence-corrected chi connectivity index (χ1v) is 8.05. The summed E-state index contributed by atoms with van der Waals surface area (Å²) >= 11 is 11.4. The number of nitriles is 1. The average molecular weight is 375 g/mol. The number of benzene rings is 2. The zero-order chi connectivity index (χ0) is 18.4. The Morgan fingerprint density at radius 2 is 2.12 bits per heavy atom. The Labute approximate surface area is 156 Å². The molecule has 0 spiro atoms. The van der Waals surface area contributed by atoms with E-state index in [1.807, 2.05) is 13.0 Å². The van der Waals surface area contributed by atoms with E-state index >= 15 is 0 Å². The minimum Gasteiger partial charge on any atom is -0.485 e. The third kappa shape index (κ3) is 4.69. The largest absolute Gasteiger partial charge is 0.485 e. The Hall–Kier alpha value is -2.62. The van der Waals surface area contributed by atoms with Crippen molar-refractivity contribution in [3.05, 3.63) is 58.1 Å². The maximum atomic E-state index is 11.7. The number of carbonyl (C=O) groups excluding carboxylic acids is 1. The second kappa shape index (κ2) is 8.47. The van der Waals surface area contributed by atoms with Gasteiger partial charge in [-0.05, 0) is 36.8 Å². The second-order valence-electron chi connectivity index (χ2n) is 5.11. The molecule has 128 valence electrons. The second-order valence-corrected chi connectivity index (χ2v) is 5.98. The SMILES string of the molecule is COC(=O)c1cccc(NC(=S)COc2ccc(C)cc2C#N)c1Cl. The van der Waals surface area contributed by atoms with Gasteiger partial charge in [-0.3, -0.25) is 0 Å². The zero-order valence-corrected chi connectivity index (χ0v) is 15.2. The van der Waals surface area contributed by atoms with E-state index in [2.05, 4.69) is 16.1 Å². The number of halogens is 1. The first kappa shape index (κ1) is 18.7. The number of methoxy groups -OCH3 is 1. The summed E-state index contributed by atoms with van der Waals surface area (Å²) in [5.41, 5.74) is 2.12. The van der Waals surface area contributed by atoms with Gasteiger partial charge in [0.1, 0.15) is 23.4 Å². The van der Waals surface area contributed by atoms with Crippen LogP contribution in [0.5, 0.6) is 5.75 Å². The van der Waals surface area contributed by atoms with Crippen LogP contribution in [0.25, 0.3) is 0 Å². The van der Waals surface area contributed by atoms with Gasteiger partial charge in [0, 0.05) is 0 Å². The molecule has 2 aromatic carbocycles. The van der Waals surface area contributed by atoms with Gasteiger partial charge in [0.2, 0.25) is 0 Å². The highest BCUT2D eigenvalue weighted by atomic mass is 35.5. The minimum atomic E-state index is -0.533. The third-order valence-electron chi connectivity index (χ3n) is 3.29. The third-order valence-corrected chi connectivity index (χ3v) is 3.92. The van der Waals surface area contributed by atoms with E-state index in [1.54, 1.807) is 30.3 Å². The molecular formula is C18H15ClN2O3S. The van der Waals surface area contributed by atoms with Crippen LogP contribution in [0.1, 0.15) is 21.5 Å². The summed E-state index contributed by atoms with van der Waals surface area (Å²) in [6.45, 7) is 1.96. The smallest absolute Gasteiger partial charge is 0.339 e. The van der Waals surface area contributed by atoms with Gasteiger partial charge in [0.25, 0.3) is 0 Å². The Morgan fingerprint density at radius 1 is 1.36 bits per heavy atom. The molecule has 0 fully saturated rings. The Balaban J connectivity index is 2.07. The highest BCUT2D eigenvalue weighted by molar-refractivity contribution is 7.80. The van der Waals surface area contributed by atoms with Crippen LogP contribution >= 0.6 is 23.8 Å². The van der Waals surface area contributed by atoms with Crippen molar-refractivity contribution in [3.8, 4) is 11.8 Å². The number of aryl methyl sites for hydroxylation is 1. The molecule has 0 radical (unpaired) electrons. The van der Waals surface area contributed by atoms with Crippen molar-refractivity contribution in [1.29, 1.82) is 5.26 Å². The van der Waals surface area contributed by atoms with E-state index in [-0.39, 0.29) is 17.2 Å². The monoisotopic (exact) mass is 374 g/mol. The molecule has 25 heavy (non-hydrogen) atoms. The summed E-state index contributed by atoms with van der Waals surface area (Å²) in [7, 11) is 1.28. The first-order chi connectivity index (χ1) is 12.0. The van der Waals surface area contributed by atoms with Crippen molar-refractivity contribution < 1.29 is 14.3 Å². The van der Waals surface area contributed by atoms with Gasteiger partial charge in [-0.1, -0.05) is 36.0 Å². The number of hydrogen-bond donors (Lipinski definition) is 1. The predicted molar refractivity (Wildman–Crippen MR) is 100 cm³/mol. The fourth-order valence-corrected chi connectivity index (χ4v) is 2.50. The number of nitrogens with one attached hydrogen (secondary N) is 1. The van der Waals surface area contributed by atoms with E-state index in [0.717, 1.165) is 5.56 Å². The summed E-state index contributed by atoms with van der Waals surface area (Å²) in [4.78, 5) is 12.0. The van der Waals surface area contributed by atoms with Crippen molar-refractivity contribution in [3.63, 3.8) is 0 Å². The van der Waals surface area contributed by atoms with Gasteiger partial charge in [-0.2, -0.15) is 5.26 Å². The van der Waals surface area contributed by atoms with Crippen molar-refractivity contribution in [1.82, 2.24) is 0 Å². The molecule has 2 rings (SSSR count). The standard InChI is InChI=1S/C18H15ClN2O3S/c1-11-6-7-15(12(8-11)9-20)24-10-16(25)21-14-5-3-4-13(17(14)19)18(22)23-2/h3-8H,10H2,1-2H3,(H,21,25). The van der Waals surface area contributed by atoms with Crippen LogP contribution in [0.3, 0.4) is 0 Å². The van der Waals surface area contributed by atoms with E-state index in [1.165, 1.54) is 7.11 Å². The van der Waals surface area contributed by atoms with Crippen molar-refractivity contribution >= 4 is 40.5 Å². The van der Waals surface area contributed by atoms with Gasteiger partial charge in [0.05, 0.1) is 28.9 Å². The van der Waals surface area contributed by atoms with Gasteiger partial charge in [0.15, 0.2) is 0 Å². The number of anilines is 1. The molecule has 0 saturated carbocycles. The topological polar surface area (TPSA) is 71.3 Å². The number of carbonyl (C=O) groups is 1. The molecule has 0 unspecified atom stereocenters. The van der Waals surface area contributed by atoms with Crippen LogP contribution in [0.4, 0.5) is 5.69 Å². The molecule has 0 aromatic heterocycles. The lowest BCUT2D eigenvalue weighted by molar-refractivity contribution is 0.0601. The molecule has 0 bridgehead atoms. The zero-order valence-electron chi connectivity index (χ0n) is 13.6. The van der Waals surface area contributed by atoms with E-state index in [9.17, 15) is 4.79 Å². The van der Waals surface area contributed by atoms with Gasteiger partial charge < -0.3 is 14.8 Å². The summed E-state index contributed by atoms with van der Waals surface area (Å²) in [6, 6.07) is 12.3. The fraction of sp³-hybridized carbons (Fsp3) is 0.167. The number of rotatable bonds is 5. The van der Waals surface area contributed by atoms with Gasteiger partial charge in [-0.25, -0.2) is 4.79 Å². The van der Waals surface area contributed by atoms with Crippen molar-refractivity contribution in [2.75, 3.05) is 19.0 Å². The van der Waals surface area contributed by atoms with Gasteiger partial charge >= 0.3 is 5.97 Å². The van der Waals surface area contributed by atoms with Crippen LogP contribution < -0.4 is 10.1 Å². The van der Waals surface area contributed by atoms with Crippen molar-refractivity contribution in [2.24, 2.45) is 0 Å². The molecule has 0 amide bonds. The van der Waals surface area contributed by atoms with Crippen molar-refractivity contribution in [2.45, 2.75) is 6.92 Å². The minimum absolute atomic E-state index is 0.0614. The molecule has 0 aliphatic rings. The quantitative estimate of drug-likeness (QED) is 0.626. The van der Waals surface area contributed by atoms with Crippen LogP contribution in [-0.2, 0) is 4.74 Å². The summed E-state index contributed by atoms with van der Waals surface area (Å²) in [6.07, 6.45) is 0. The van der Waals surface area contributed by atoms with Crippen LogP contribution in [0.15, 0.2) is 36.4 Å². The van der Waals surface area contributed by atoms with E-state index in [4.69, 9.17) is 33.8 Å². The number of esters is 1. The highest BCUT2D eigenvalue weighted by Gasteiger charge is 2.14. The number of hydrogen-bond acceptors (Lipinski definition) is 5. The highest BCUT2D eigenvalue weighted by Crippen LogP contribution is 2.26. The molecular weight excluding hydrogens is 360 g/mol. The maximum absolute atomic E-state index is 11.7. The Morgan fingerprint density at radius 3 is 2.80 bits per heavy atom. The first-order valence-electron chi connectivity index (χ1n) is 7.26. The molecule has 2 aromatic rings. The lowest BCUT2D eigenvalue weighted by Gasteiger charge is -2.13. The molecule has 1 N–H and O–H groups in total. The van der Waals surface area contributed by atoms with E-state index < -0.39 is 5.97 Å². The van der Waals surface area contributed by atoms with E-state index in [0.29, 0.717) is 22.0 Å². The molecule has 0 aliphatic carbocycles. The number of ether oxygens (including phenoxy) is 2. The van der Waals surface area contributed by atoms with Crippen LogP contribution in [-0.4, -0.2) is 24.7 Å². The summed E-state index contributed by atoms with van der Waals surface area (Å²) in [5, 5.41) is 12.3. The summed E-state index contributed by atoms with van der Waals surface area (Å²) in [5.74, 6) is -0.0826. The van der Waals surface area contributed by atoms with Crippen LogP contribution in [0.2, 0.25) is 5.02 Å². The average Bonchev–Trinajstić information content (AvgIpc) is 2.61. The number of thiocarbonyl (C=S) groups is 1. The maximum Gasteiger partial charge on any atom is 0.339 e. The molecule has 0 saturated heterocycles. The summed E-state index contributed by atoms with van der Waals surface area (Å²) < 4.78 is 10.3. The Kier molecular flexibility index (Phi) is 6.34. The normalized spacial score (nSPS) is 9.84. The fourth-order valence-electron chi connectivity index (χ4n) is 2.08. The lowest BCUT2D eigenvalue weighted by Crippen LogP contribution is -2.19. The molecule has 0 heterocycles. The van der Waals surface area contributed by atoms with Gasteiger partial charge in [-0.15, -0.1) is 0 Å². The lowest BCUT2D eigenvalue weighted by atomic mass is 10.1. The van der Waals surface area contributed by atoms with Crippen LogP contribution in [0, 0.1) is 18.3 Å². The molecule has 0 aliphatic heterocycles. The molecule has 7 heteroatoms. The number of nitrogens with zero attached hydrogens (tertiary/aromatic N) is 1. The molecule has 0 atom stereocenters. The Bertz CT molecular complexity index is 862. The molecule has 5 nitrogen and oxygen atoms in total.